The van der Waals surface area contributed by atoms with Crippen molar-refractivity contribution >= 4 is 27.4 Å². The minimum Gasteiger partial charge on any atom is -0.409 e. The summed E-state index contributed by atoms with van der Waals surface area (Å²) in [6.07, 6.45) is 1.36. The zero-order valence-corrected chi connectivity index (χ0v) is 12.4. The van der Waals surface area contributed by atoms with Gasteiger partial charge < -0.3 is 10.9 Å². The third-order valence-electron chi connectivity index (χ3n) is 2.58. The van der Waals surface area contributed by atoms with E-state index >= 15 is 0 Å². The predicted octanol–water partition coefficient (Wildman–Crippen LogP) is 0.465. The van der Waals surface area contributed by atoms with Gasteiger partial charge in [-0.15, -0.1) is 0 Å². The van der Waals surface area contributed by atoms with E-state index in [2.05, 4.69) is 20.3 Å². The molecular weight excluding hydrogens is 314 g/mol. The summed E-state index contributed by atoms with van der Waals surface area (Å²) in [6, 6.07) is 5.97. The maximum atomic E-state index is 12.2. The lowest BCUT2D eigenvalue weighted by Gasteiger charge is -2.05. The highest BCUT2D eigenvalue weighted by Crippen LogP contribution is 2.17. The van der Waals surface area contributed by atoms with Gasteiger partial charge in [0.05, 0.1) is 10.6 Å². The van der Waals surface area contributed by atoms with Crippen LogP contribution in [0.1, 0.15) is 5.56 Å². The SMILES string of the molecule is N/C(=N/O)c1cccc(S(=O)(=O)CCSc2ncn[nH]2)c1. The molecule has 112 valence electrons. The fourth-order valence-electron chi connectivity index (χ4n) is 1.54. The van der Waals surface area contributed by atoms with E-state index in [0.29, 0.717) is 16.5 Å². The van der Waals surface area contributed by atoms with Crippen LogP contribution in [0.15, 0.2) is 45.8 Å². The van der Waals surface area contributed by atoms with Crippen molar-refractivity contribution < 1.29 is 13.6 Å². The number of nitrogens with one attached hydrogen (secondary N) is 1. The number of hydrogen-bond donors (Lipinski definition) is 3. The number of rotatable bonds is 6. The number of thioether (sulfide) groups is 1. The minimum absolute atomic E-state index is 0.0575. The molecule has 0 aliphatic rings. The lowest BCUT2D eigenvalue weighted by molar-refractivity contribution is 0.318. The van der Waals surface area contributed by atoms with Crippen molar-refractivity contribution in [1.82, 2.24) is 15.2 Å². The molecule has 10 heteroatoms. The number of sulfone groups is 1. The van der Waals surface area contributed by atoms with Gasteiger partial charge in [0.2, 0.25) is 0 Å². The summed E-state index contributed by atoms with van der Waals surface area (Å²) < 4.78 is 24.4. The first kappa shape index (κ1) is 15.3. The Bertz CT molecular complexity index is 728. The van der Waals surface area contributed by atoms with E-state index in [1.165, 1.54) is 30.2 Å². The van der Waals surface area contributed by atoms with Gasteiger partial charge in [-0.3, -0.25) is 5.10 Å². The Kier molecular flexibility index (Phi) is 4.81. The van der Waals surface area contributed by atoms with Gasteiger partial charge in [0.15, 0.2) is 20.8 Å². The average molecular weight is 327 g/mol. The number of nitrogens with two attached hydrogens (primary N) is 1. The van der Waals surface area contributed by atoms with Gasteiger partial charge in [0.25, 0.3) is 0 Å². The van der Waals surface area contributed by atoms with E-state index in [9.17, 15) is 8.42 Å². The zero-order chi connectivity index (χ0) is 15.3. The fraction of sp³-hybridized carbons (Fsp3) is 0.182. The first-order chi connectivity index (χ1) is 10.0. The molecule has 0 unspecified atom stereocenters. The van der Waals surface area contributed by atoms with Gasteiger partial charge in [0, 0.05) is 11.3 Å². The van der Waals surface area contributed by atoms with E-state index < -0.39 is 9.84 Å². The van der Waals surface area contributed by atoms with Crippen LogP contribution < -0.4 is 5.73 Å². The van der Waals surface area contributed by atoms with E-state index in [1.807, 2.05) is 0 Å². The summed E-state index contributed by atoms with van der Waals surface area (Å²) in [7, 11) is -3.45. The monoisotopic (exact) mass is 327 g/mol. The number of benzene rings is 1. The number of hydrogen-bond acceptors (Lipinski definition) is 7. The highest BCUT2D eigenvalue weighted by Gasteiger charge is 2.16. The predicted molar refractivity (Wildman–Crippen MR) is 78.1 cm³/mol. The van der Waals surface area contributed by atoms with E-state index in [4.69, 9.17) is 10.9 Å². The Morgan fingerprint density at radius 1 is 1.48 bits per heavy atom. The van der Waals surface area contributed by atoms with Gasteiger partial charge in [-0.1, -0.05) is 29.1 Å². The Hall–Kier alpha value is -2.07. The third-order valence-corrected chi connectivity index (χ3v) is 5.43. The molecule has 2 rings (SSSR count). The molecule has 1 heterocycles. The van der Waals surface area contributed by atoms with Crippen molar-refractivity contribution in [2.45, 2.75) is 10.1 Å². The lowest BCUT2D eigenvalue weighted by atomic mass is 10.2. The van der Waals surface area contributed by atoms with Gasteiger partial charge in [-0.05, 0) is 12.1 Å². The number of oxime groups is 1. The van der Waals surface area contributed by atoms with Crippen LogP contribution in [-0.2, 0) is 9.84 Å². The maximum Gasteiger partial charge on any atom is 0.183 e. The summed E-state index contributed by atoms with van der Waals surface area (Å²) in [5, 5.41) is 18.4. The van der Waals surface area contributed by atoms with Gasteiger partial charge in [0.1, 0.15) is 6.33 Å². The topological polar surface area (TPSA) is 134 Å². The molecule has 1 aromatic heterocycles. The Morgan fingerprint density at radius 2 is 2.29 bits per heavy atom. The molecule has 2 aromatic rings. The smallest absolute Gasteiger partial charge is 0.183 e. The van der Waals surface area contributed by atoms with Crippen LogP contribution in [0.3, 0.4) is 0 Å². The first-order valence-electron chi connectivity index (χ1n) is 5.82. The van der Waals surface area contributed by atoms with Crippen LogP contribution in [0.5, 0.6) is 0 Å². The molecule has 0 fully saturated rings. The van der Waals surface area contributed by atoms with Crippen LogP contribution in [-0.4, -0.2) is 46.1 Å². The van der Waals surface area contributed by atoms with Crippen LogP contribution in [0.25, 0.3) is 0 Å². The van der Waals surface area contributed by atoms with Crippen molar-refractivity contribution in [3.63, 3.8) is 0 Å². The highest BCUT2D eigenvalue weighted by atomic mass is 32.2. The number of H-pyrrole nitrogens is 1. The maximum absolute atomic E-state index is 12.2. The third kappa shape index (κ3) is 3.95. The number of aromatic amines is 1. The van der Waals surface area contributed by atoms with Crippen LogP contribution in [0.2, 0.25) is 0 Å². The second-order valence-corrected chi connectivity index (χ2v) is 7.16. The summed E-state index contributed by atoms with van der Waals surface area (Å²) >= 11 is 1.27. The Morgan fingerprint density at radius 3 is 2.95 bits per heavy atom. The first-order valence-corrected chi connectivity index (χ1v) is 8.45. The second-order valence-electron chi connectivity index (χ2n) is 3.97. The molecule has 0 saturated heterocycles. The van der Waals surface area contributed by atoms with Crippen molar-refractivity contribution in [2.24, 2.45) is 10.9 Å². The molecule has 0 spiro atoms. The van der Waals surface area contributed by atoms with Crippen LogP contribution >= 0.6 is 11.8 Å². The average Bonchev–Trinajstić information content (AvgIpc) is 2.99. The second kappa shape index (κ2) is 6.59. The molecule has 0 atom stereocenters. The summed E-state index contributed by atoms with van der Waals surface area (Å²) in [6.45, 7) is 0. The van der Waals surface area contributed by atoms with Crippen molar-refractivity contribution in [3.05, 3.63) is 36.2 Å². The molecule has 0 radical (unpaired) electrons. The minimum atomic E-state index is -3.45. The van der Waals surface area contributed by atoms with Crippen molar-refractivity contribution in [1.29, 1.82) is 0 Å². The molecule has 0 aliphatic carbocycles. The molecule has 0 saturated carbocycles. The summed E-state index contributed by atoms with van der Waals surface area (Å²) in [5.74, 6) is 0.145. The molecule has 0 bridgehead atoms. The summed E-state index contributed by atoms with van der Waals surface area (Å²) in [5.41, 5.74) is 5.80. The highest BCUT2D eigenvalue weighted by molar-refractivity contribution is 8.00. The normalized spacial score (nSPS) is 12.5. The standard InChI is InChI=1S/C11H13N5O3S2/c12-10(16-17)8-2-1-3-9(6-8)21(18,19)5-4-20-11-13-7-14-15-11/h1-3,6-7,17H,4-5H2,(H2,12,16)(H,13,14,15). The molecule has 1 aromatic carbocycles. The van der Waals surface area contributed by atoms with Gasteiger partial charge in [-0.25, -0.2) is 13.4 Å². The van der Waals surface area contributed by atoms with Crippen molar-refractivity contribution in [2.75, 3.05) is 11.5 Å². The quantitative estimate of drug-likeness (QED) is 0.231. The largest absolute Gasteiger partial charge is 0.409 e. The van der Waals surface area contributed by atoms with Gasteiger partial charge >= 0.3 is 0 Å². The number of aromatic nitrogens is 3. The van der Waals surface area contributed by atoms with Crippen LogP contribution in [0, 0.1) is 0 Å². The molecule has 0 aliphatic heterocycles. The lowest BCUT2D eigenvalue weighted by Crippen LogP contribution is -2.15. The fourth-order valence-corrected chi connectivity index (χ4v) is 4.01. The van der Waals surface area contributed by atoms with Gasteiger partial charge in [-0.2, -0.15) is 5.10 Å². The number of amidine groups is 1. The molecule has 21 heavy (non-hydrogen) atoms. The molecular formula is C11H13N5O3S2. The Balaban J connectivity index is 2.08. The van der Waals surface area contributed by atoms with Crippen LogP contribution in [0.4, 0.5) is 0 Å². The summed E-state index contributed by atoms with van der Waals surface area (Å²) in [4.78, 5) is 4.03. The Labute approximate surface area is 125 Å². The number of nitrogens with zero attached hydrogens (tertiary/aromatic N) is 3. The van der Waals surface area contributed by atoms with E-state index in [-0.39, 0.29) is 16.5 Å². The molecule has 8 nitrogen and oxygen atoms in total. The zero-order valence-electron chi connectivity index (χ0n) is 10.8. The van der Waals surface area contributed by atoms with E-state index in [0.717, 1.165) is 0 Å². The molecule has 0 amide bonds. The van der Waals surface area contributed by atoms with E-state index in [1.54, 1.807) is 12.1 Å². The molecule has 4 N–H and O–H groups in total. The van der Waals surface area contributed by atoms with Crippen molar-refractivity contribution in [3.8, 4) is 0 Å².